The van der Waals surface area contributed by atoms with E-state index in [0.717, 1.165) is 65.1 Å². The minimum Gasteiger partial charge on any atom is 2.00 e. The number of hydrogen-bond donors (Lipinski definition) is 0. The number of hydrogen-bond acceptors (Lipinski definition) is 2. The zero-order valence-corrected chi connectivity index (χ0v) is 56.2. The van der Waals surface area contributed by atoms with E-state index in [1.165, 1.54) is 179 Å². The summed E-state index contributed by atoms with van der Waals surface area (Å²) >= 11 is 7.33. The zero-order valence-electron chi connectivity index (χ0n) is 45.4. The molecule has 13 atom stereocenters. The normalized spacial score (nSPS) is 30.2. The summed E-state index contributed by atoms with van der Waals surface area (Å²) in [6.07, 6.45) is 40.2. The molecule has 0 heterocycles. The van der Waals surface area contributed by atoms with Crippen LogP contribution >= 0.6 is 13.5 Å². The topological polar surface area (TPSA) is 0 Å². The maximum atomic E-state index is 6.86. The summed E-state index contributed by atoms with van der Waals surface area (Å²) in [4.78, 5) is 0. The molecule has 0 amide bonds. The Bertz CT molecular complexity index is 1200. The summed E-state index contributed by atoms with van der Waals surface area (Å²) < 4.78 is 0. The first-order chi connectivity index (χ1) is 30.3. The molecule has 1 aromatic carbocycles. The number of fused-ring (bicyclic) bond motifs is 12. The van der Waals surface area contributed by atoms with Gasteiger partial charge in [-0.25, -0.2) is 0 Å². The summed E-state index contributed by atoms with van der Waals surface area (Å²) in [7, 11) is 15.3. The molecule has 0 N–H and O–H groups in total. The van der Waals surface area contributed by atoms with Gasteiger partial charge < -0.3 is 33.6 Å². The van der Waals surface area contributed by atoms with E-state index in [4.69, 9.17) is 15.6 Å². The molecular weight excluding hydrogens is 1060 g/mol. The van der Waals surface area contributed by atoms with Gasteiger partial charge in [0.25, 0.3) is 0 Å². The molecule has 1 aromatic rings. The summed E-state index contributed by atoms with van der Waals surface area (Å²) in [5, 5.41) is 0. The van der Waals surface area contributed by atoms with Crippen LogP contribution in [0, 0.1) is 98.7 Å². The fourth-order valence-corrected chi connectivity index (χ4v) is 13.7. The number of benzene rings is 1. The van der Waals surface area contributed by atoms with Crippen LogP contribution in [0.2, 0.25) is 11.6 Å². The van der Waals surface area contributed by atoms with Crippen molar-refractivity contribution in [3.63, 3.8) is 0 Å². The fourth-order valence-electron chi connectivity index (χ4n) is 13.7. The fraction of sp³-hybridized carbons (Fsp3) is 0.828. The van der Waals surface area contributed by atoms with Crippen molar-refractivity contribution in [2.45, 2.75) is 233 Å². The van der Waals surface area contributed by atoms with Gasteiger partial charge >= 0.3 is 60.5 Å². The van der Waals surface area contributed by atoms with E-state index in [0.29, 0.717) is 17.6 Å². The molecule has 0 saturated heterocycles. The van der Waals surface area contributed by atoms with E-state index < -0.39 is 0 Å². The van der Waals surface area contributed by atoms with Crippen LogP contribution in [0.1, 0.15) is 221 Å². The Morgan fingerprint density at radius 1 is 0.627 bits per heavy atom. The molecule has 67 heavy (non-hydrogen) atoms. The maximum absolute atomic E-state index is 6.86. The second-order valence-corrected chi connectivity index (χ2v) is 20.8. The first kappa shape index (κ1) is 75.7. The Balaban J connectivity index is -0.000000570. The van der Waals surface area contributed by atoms with E-state index in [2.05, 4.69) is 122 Å². The van der Waals surface area contributed by atoms with Crippen molar-refractivity contribution in [1.82, 2.24) is 0 Å². The largest absolute Gasteiger partial charge is 2.00 e. The SMILES string of the molecule is S.S=S.[B][B]C1C2CCCCC3C(CCC)C([B])C3CCC(CCC)CCCCC(CCC)CCC1C2CCC.[CH2-]C.[CH2-]C1[CH-]C(Cc2ccccc2)C1CCC(CCC)CCC.[CH3-].[Mn+2].[SnH2].[Zn+2]. The molecule has 5 fully saturated rings. The van der Waals surface area contributed by atoms with Gasteiger partial charge in [0.1, 0.15) is 0 Å². The Labute approximate surface area is 482 Å². The molecule has 5 aliphatic carbocycles. The van der Waals surface area contributed by atoms with Crippen molar-refractivity contribution < 1.29 is 36.5 Å². The van der Waals surface area contributed by atoms with Crippen LogP contribution in [0.15, 0.2) is 30.3 Å². The molecule has 0 nitrogen and oxygen atoms in total. The second-order valence-electron chi connectivity index (χ2n) is 20.8. The quantitative estimate of drug-likeness (QED) is 0.106. The third kappa shape index (κ3) is 26.0. The Morgan fingerprint density at radius 3 is 1.57 bits per heavy atom. The van der Waals surface area contributed by atoms with E-state index in [1.54, 1.807) is 6.92 Å². The third-order valence-corrected chi connectivity index (χ3v) is 16.9. The van der Waals surface area contributed by atoms with Crippen molar-refractivity contribution in [1.29, 1.82) is 0 Å². The van der Waals surface area contributed by atoms with Crippen LogP contribution in [0.25, 0.3) is 0 Å². The summed E-state index contributed by atoms with van der Waals surface area (Å²) in [6, 6.07) is 10.9. The van der Waals surface area contributed by atoms with Crippen molar-refractivity contribution in [2.24, 2.45) is 71.0 Å². The first-order valence-electron chi connectivity index (χ1n) is 27.2. The van der Waals surface area contributed by atoms with Gasteiger partial charge in [-0.3, -0.25) is 0 Å². The number of rotatable bonds is 18. The van der Waals surface area contributed by atoms with Gasteiger partial charge in [-0.15, -0.1) is 5.92 Å². The monoisotopic (exact) mass is 1170 g/mol. The van der Waals surface area contributed by atoms with Crippen LogP contribution in [0.3, 0.4) is 0 Å². The molecule has 8 radical (unpaired) electrons. The standard InChI is InChI=1S/C34H62B3.C21H32.C2H5.CH3.Mn.S2.H2S.Sn.Zn.2H/c1-5-13-25-17-9-10-18-26(14-6-2)22-24-32-27(15-7-3)31(34(32)37-36)20-12-11-19-28-29(16-8-4)33(35)30(28)23-21-25;1-4-9-18(10-5-2)13-14-21-17(3)15-20(21)16-19-11-7-6-8-12-19;1-2;;;1-2;;;;;/h25-34H,5-24H2,1-4H3;6-8,11-12,15,17-18,20-21H,3-5,9-10,13-14,16H2,1-2H3;1H2,2H3;1H3;;;1H2;;;;/q;-2;2*-1;+2;;;;+2;;. The van der Waals surface area contributed by atoms with Crippen molar-refractivity contribution >= 4 is 82.5 Å². The summed E-state index contributed by atoms with van der Waals surface area (Å²) in [6.45, 7) is 23.5. The Kier molecular flexibility index (Phi) is 52.7. The Hall–Kier alpha value is 2.15. The first-order valence-corrected chi connectivity index (χ1v) is 28.6. The predicted molar refractivity (Wildman–Crippen MR) is 312 cm³/mol. The van der Waals surface area contributed by atoms with E-state index in [-0.39, 0.29) is 81.4 Å². The minimum absolute atomic E-state index is 0. The van der Waals surface area contributed by atoms with Gasteiger partial charge in [-0.2, -0.15) is 26.3 Å². The molecule has 2 bridgehead atoms. The molecular formula is C58H106B3MnS3SnZn. The molecule has 378 valence electrons. The smallest absolute Gasteiger partial charge is 2.00 e. The van der Waals surface area contributed by atoms with Gasteiger partial charge in [-0.05, 0) is 59.7 Å². The van der Waals surface area contributed by atoms with Gasteiger partial charge in [0, 0.05) is 30.1 Å². The maximum Gasteiger partial charge on any atom is 2.00 e. The van der Waals surface area contributed by atoms with Gasteiger partial charge in [0.15, 0.2) is 0 Å². The molecule has 5 aliphatic rings. The van der Waals surface area contributed by atoms with Crippen LogP contribution in [-0.4, -0.2) is 46.7 Å². The van der Waals surface area contributed by atoms with Crippen LogP contribution < -0.4 is 0 Å². The zero-order chi connectivity index (χ0) is 45.7. The van der Waals surface area contributed by atoms with Gasteiger partial charge in [-0.1, -0.05) is 256 Å². The van der Waals surface area contributed by atoms with Crippen LogP contribution in [-0.2, 0) is 65.3 Å². The van der Waals surface area contributed by atoms with Crippen LogP contribution in [0.4, 0.5) is 0 Å². The van der Waals surface area contributed by atoms with E-state index in [9.17, 15) is 0 Å². The third-order valence-electron chi connectivity index (χ3n) is 16.9. The average molecular weight is 1170 g/mol. The van der Waals surface area contributed by atoms with Gasteiger partial charge in [0.2, 0.25) is 0 Å². The molecule has 0 aliphatic heterocycles. The van der Waals surface area contributed by atoms with Crippen molar-refractivity contribution in [2.75, 3.05) is 0 Å². The average Bonchev–Trinajstić information content (AvgIpc) is 3.28. The van der Waals surface area contributed by atoms with Crippen molar-refractivity contribution in [3.05, 3.63) is 63.6 Å². The van der Waals surface area contributed by atoms with Crippen LogP contribution in [0.5, 0.6) is 0 Å². The summed E-state index contributed by atoms with van der Waals surface area (Å²) in [5.74, 6) is 11.4. The molecule has 13 unspecified atom stereocenters. The van der Waals surface area contributed by atoms with Crippen molar-refractivity contribution in [3.8, 4) is 0 Å². The predicted octanol–water partition coefficient (Wildman–Crippen LogP) is 17.0. The molecule has 6 rings (SSSR count). The van der Waals surface area contributed by atoms with E-state index >= 15 is 0 Å². The molecule has 9 heteroatoms. The summed E-state index contributed by atoms with van der Waals surface area (Å²) in [5.41, 5.74) is 1.48. The van der Waals surface area contributed by atoms with E-state index in [1.807, 2.05) is 0 Å². The van der Waals surface area contributed by atoms with Gasteiger partial charge in [0.05, 0.1) is 15.0 Å². The molecule has 0 spiro atoms. The Morgan fingerprint density at radius 2 is 1.09 bits per heavy atom. The second kappa shape index (κ2) is 46.7. The molecule has 0 aromatic heterocycles. The minimum atomic E-state index is 0. The molecule has 5 saturated carbocycles.